The minimum atomic E-state index is -0.556. The fourth-order valence-corrected chi connectivity index (χ4v) is 1.81. The summed E-state index contributed by atoms with van der Waals surface area (Å²) in [6, 6.07) is 5.32. The average molecular weight is 265 g/mol. The smallest absolute Gasteiger partial charge is 0.251 e. The molecule has 1 atom stereocenters. The van der Waals surface area contributed by atoms with Crippen LogP contribution in [0, 0.1) is 6.92 Å². The van der Waals surface area contributed by atoms with E-state index < -0.39 is 6.04 Å². The highest BCUT2D eigenvalue weighted by Crippen LogP contribution is 2.19. The van der Waals surface area contributed by atoms with Crippen molar-refractivity contribution in [1.82, 2.24) is 10.4 Å². The number of hydrazine groups is 1. The van der Waals surface area contributed by atoms with E-state index in [9.17, 15) is 4.79 Å². The van der Waals surface area contributed by atoms with Gasteiger partial charge in [0.1, 0.15) is 5.75 Å². The Kier molecular flexibility index (Phi) is 5.79. The number of hydrogen-bond donors (Lipinski definition) is 2. The Morgan fingerprint density at radius 3 is 2.68 bits per heavy atom. The number of carbonyl (C=O) groups excluding carboxylic acids is 1. The van der Waals surface area contributed by atoms with E-state index in [4.69, 9.17) is 10.5 Å². The molecular weight excluding hydrogens is 242 g/mol. The monoisotopic (exact) mass is 265 g/mol. The van der Waals surface area contributed by atoms with Crippen molar-refractivity contribution in [3.8, 4) is 5.75 Å². The van der Waals surface area contributed by atoms with Gasteiger partial charge in [-0.15, -0.1) is 0 Å². The number of rotatable bonds is 6. The molecule has 5 heteroatoms. The zero-order valence-corrected chi connectivity index (χ0v) is 12.1. The first-order chi connectivity index (χ1) is 8.93. The number of benzene rings is 1. The molecule has 1 unspecified atom stereocenters. The first-order valence-electron chi connectivity index (χ1n) is 6.39. The predicted molar refractivity (Wildman–Crippen MR) is 75.9 cm³/mol. The van der Waals surface area contributed by atoms with Gasteiger partial charge in [0.15, 0.2) is 0 Å². The number of aryl methyl sites for hydroxylation is 1. The van der Waals surface area contributed by atoms with Crippen LogP contribution in [0.4, 0.5) is 0 Å². The van der Waals surface area contributed by atoms with Crippen LogP contribution >= 0.6 is 0 Å². The highest BCUT2D eigenvalue weighted by molar-refractivity contribution is 5.81. The average Bonchev–Trinajstić information content (AvgIpc) is 2.32. The lowest BCUT2D eigenvalue weighted by Gasteiger charge is -2.17. The second-order valence-corrected chi connectivity index (χ2v) is 4.71. The summed E-state index contributed by atoms with van der Waals surface area (Å²) in [5.74, 6) is 0.689. The van der Waals surface area contributed by atoms with Crippen LogP contribution in [0.2, 0.25) is 0 Å². The lowest BCUT2D eigenvalue weighted by Crippen LogP contribution is -2.47. The van der Waals surface area contributed by atoms with E-state index in [-0.39, 0.29) is 5.91 Å². The summed E-state index contributed by atoms with van der Waals surface area (Å²) in [6.07, 6.45) is 0.507. The van der Waals surface area contributed by atoms with Gasteiger partial charge in [0.25, 0.3) is 5.91 Å². The first-order valence-corrected chi connectivity index (χ1v) is 6.39. The maximum atomic E-state index is 11.7. The van der Waals surface area contributed by atoms with Gasteiger partial charge in [-0.2, -0.15) is 0 Å². The molecule has 0 heterocycles. The molecule has 0 aliphatic heterocycles. The standard InChI is InChI=1S/C14H23N3O2/c1-5-19-13-7-6-11(8-10(13)2)9-12(15)14(18)16-17(3)4/h6-8,12H,5,9,15H2,1-4H3,(H,16,18). The summed E-state index contributed by atoms with van der Waals surface area (Å²) >= 11 is 0. The molecule has 1 rings (SSSR count). The third-order valence-corrected chi connectivity index (χ3v) is 2.67. The number of amides is 1. The molecule has 3 N–H and O–H groups in total. The molecule has 0 aliphatic carbocycles. The summed E-state index contributed by atoms with van der Waals surface area (Å²) < 4.78 is 5.48. The van der Waals surface area contributed by atoms with E-state index in [1.807, 2.05) is 32.0 Å². The van der Waals surface area contributed by atoms with E-state index in [0.717, 1.165) is 16.9 Å². The Hall–Kier alpha value is -1.59. The normalized spacial score (nSPS) is 12.3. The molecule has 1 amide bonds. The summed E-state index contributed by atoms with van der Waals surface area (Å²) in [5.41, 5.74) is 10.6. The highest BCUT2D eigenvalue weighted by atomic mass is 16.5. The molecule has 19 heavy (non-hydrogen) atoms. The second kappa shape index (κ2) is 7.11. The predicted octanol–water partition coefficient (Wildman–Crippen LogP) is 0.856. The molecule has 0 saturated heterocycles. The molecule has 106 valence electrons. The highest BCUT2D eigenvalue weighted by Gasteiger charge is 2.15. The van der Waals surface area contributed by atoms with Crippen LogP contribution in [0.25, 0.3) is 0 Å². The zero-order chi connectivity index (χ0) is 14.4. The Morgan fingerprint density at radius 1 is 1.47 bits per heavy atom. The molecule has 0 radical (unpaired) electrons. The summed E-state index contributed by atoms with van der Waals surface area (Å²) in [4.78, 5) is 11.7. The number of hydrogen-bond acceptors (Lipinski definition) is 4. The minimum Gasteiger partial charge on any atom is -0.494 e. The molecule has 0 aromatic heterocycles. The van der Waals surface area contributed by atoms with Gasteiger partial charge in [-0.05, 0) is 37.5 Å². The number of nitrogens with one attached hydrogen (secondary N) is 1. The number of nitrogens with two attached hydrogens (primary N) is 1. The van der Waals surface area contributed by atoms with E-state index in [0.29, 0.717) is 13.0 Å². The molecular formula is C14H23N3O2. The van der Waals surface area contributed by atoms with Gasteiger partial charge < -0.3 is 10.5 Å². The molecule has 0 saturated carbocycles. The fraction of sp³-hybridized carbons (Fsp3) is 0.500. The Bertz CT molecular complexity index is 433. The third kappa shape index (κ3) is 4.89. The van der Waals surface area contributed by atoms with Crippen molar-refractivity contribution in [2.45, 2.75) is 26.3 Å². The van der Waals surface area contributed by atoms with Gasteiger partial charge in [0.05, 0.1) is 12.6 Å². The van der Waals surface area contributed by atoms with Crippen molar-refractivity contribution < 1.29 is 9.53 Å². The van der Waals surface area contributed by atoms with Gasteiger partial charge in [0.2, 0.25) is 0 Å². The van der Waals surface area contributed by atoms with Gasteiger partial charge >= 0.3 is 0 Å². The van der Waals surface area contributed by atoms with Crippen LogP contribution in [-0.4, -0.2) is 37.7 Å². The SMILES string of the molecule is CCOc1ccc(CC(N)C(=O)NN(C)C)cc1C. The lowest BCUT2D eigenvalue weighted by atomic mass is 10.0. The minimum absolute atomic E-state index is 0.184. The molecule has 0 bridgehead atoms. The van der Waals surface area contributed by atoms with Crippen molar-refractivity contribution in [2.75, 3.05) is 20.7 Å². The maximum absolute atomic E-state index is 11.7. The van der Waals surface area contributed by atoms with Gasteiger partial charge in [-0.1, -0.05) is 12.1 Å². The molecule has 1 aromatic carbocycles. The quantitative estimate of drug-likeness (QED) is 0.749. The van der Waals surface area contributed by atoms with Crippen LogP contribution in [0.1, 0.15) is 18.1 Å². The molecule has 0 aliphatic rings. The van der Waals surface area contributed by atoms with Crippen molar-refractivity contribution in [1.29, 1.82) is 0 Å². The largest absolute Gasteiger partial charge is 0.494 e. The van der Waals surface area contributed by atoms with Gasteiger partial charge in [0, 0.05) is 14.1 Å². The van der Waals surface area contributed by atoms with E-state index in [1.54, 1.807) is 19.1 Å². The number of nitrogens with zero attached hydrogens (tertiary/aromatic N) is 1. The molecule has 0 fully saturated rings. The van der Waals surface area contributed by atoms with Crippen molar-refractivity contribution in [2.24, 2.45) is 5.73 Å². The van der Waals surface area contributed by atoms with Crippen molar-refractivity contribution >= 4 is 5.91 Å². The van der Waals surface area contributed by atoms with Crippen LogP contribution in [0.15, 0.2) is 18.2 Å². The van der Waals surface area contributed by atoms with E-state index in [2.05, 4.69) is 5.43 Å². The molecule has 5 nitrogen and oxygen atoms in total. The first kappa shape index (κ1) is 15.5. The third-order valence-electron chi connectivity index (χ3n) is 2.67. The van der Waals surface area contributed by atoms with Gasteiger partial charge in [-0.3, -0.25) is 10.2 Å². The topological polar surface area (TPSA) is 67.6 Å². The van der Waals surface area contributed by atoms with Crippen LogP contribution in [0.3, 0.4) is 0 Å². The Morgan fingerprint density at radius 2 is 2.16 bits per heavy atom. The summed E-state index contributed by atoms with van der Waals surface area (Å²) in [6.45, 7) is 4.58. The maximum Gasteiger partial charge on any atom is 0.251 e. The fourth-order valence-electron chi connectivity index (χ4n) is 1.81. The van der Waals surface area contributed by atoms with Crippen molar-refractivity contribution in [3.63, 3.8) is 0 Å². The van der Waals surface area contributed by atoms with E-state index in [1.165, 1.54) is 0 Å². The van der Waals surface area contributed by atoms with Crippen LogP contribution < -0.4 is 15.9 Å². The van der Waals surface area contributed by atoms with Crippen molar-refractivity contribution in [3.05, 3.63) is 29.3 Å². The zero-order valence-electron chi connectivity index (χ0n) is 12.1. The van der Waals surface area contributed by atoms with E-state index >= 15 is 0 Å². The summed E-state index contributed by atoms with van der Waals surface area (Å²) in [5, 5.41) is 1.59. The number of carbonyl (C=O) groups is 1. The van der Waals surface area contributed by atoms with Crippen LogP contribution in [0.5, 0.6) is 5.75 Å². The Balaban J connectivity index is 2.67. The number of ether oxygens (including phenoxy) is 1. The Labute approximate surface area is 114 Å². The second-order valence-electron chi connectivity index (χ2n) is 4.71. The summed E-state index contributed by atoms with van der Waals surface area (Å²) in [7, 11) is 3.51. The van der Waals surface area contributed by atoms with Crippen LogP contribution in [-0.2, 0) is 11.2 Å². The molecule has 0 spiro atoms. The lowest BCUT2D eigenvalue weighted by molar-refractivity contribution is -0.126. The molecule has 1 aromatic rings. The van der Waals surface area contributed by atoms with Gasteiger partial charge in [-0.25, -0.2) is 5.01 Å².